The molecule has 21 heavy (non-hydrogen) atoms. The Balaban J connectivity index is 0.000000567. The molecule has 0 aromatic carbocycles. The predicted molar refractivity (Wildman–Crippen MR) is 77.0 cm³/mol. The third-order valence-corrected chi connectivity index (χ3v) is 3.07. The molecule has 0 bridgehead atoms. The van der Waals surface area contributed by atoms with Gasteiger partial charge in [-0.15, -0.1) is 6.58 Å². The molecule has 1 amide bonds. The van der Waals surface area contributed by atoms with Gasteiger partial charge in [-0.3, -0.25) is 9.69 Å². The van der Waals surface area contributed by atoms with E-state index < -0.39 is 11.9 Å². The number of amides is 1. The highest BCUT2D eigenvalue weighted by molar-refractivity contribution is 6.27. The first-order valence-electron chi connectivity index (χ1n) is 6.57. The lowest BCUT2D eigenvalue weighted by Crippen LogP contribution is -2.53. The number of nitrogens with one attached hydrogen (secondary N) is 1. The molecule has 0 radical (unpaired) electrons. The summed E-state index contributed by atoms with van der Waals surface area (Å²) in [4.78, 5) is 34.4. The molecule has 0 saturated carbocycles. The number of hydrogen-bond donors (Lipinski definition) is 3. The molecular formula is C13H23N3O5. The topological polar surface area (TPSA) is 110 Å². The molecular weight excluding hydrogens is 278 g/mol. The molecule has 0 aromatic heterocycles. The molecule has 1 saturated heterocycles. The fourth-order valence-electron chi connectivity index (χ4n) is 1.70. The van der Waals surface area contributed by atoms with E-state index in [2.05, 4.69) is 28.7 Å². The van der Waals surface area contributed by atoms with Crippen LogP contribution in [0.5, 0.6) is 0 Å². The van der Waals surface area contributed by atoms with Crippen molar-refractivity contribution in [2.24, 2.45) is 0 Å². The molecule has 0 spiro atoms. The van der Waals surface area contributed by atoms with Gasteiger partial charge in [0.2, 0.25) is 5.91 Å². The van der Waals surface area contributed by atoms with Crippen LogP contribution in [0.3, 0.4) is 0 Å². The minimum absolute atomic E-state index is 0.0290. The average molecular weight is 301 g/mol. The second-order valence-corrected chi connectivity index (χ2v) is 4.66. The van der Waals surface area contributed by atoms with E-state index in [1.807, 2.05) is 6.92 Å². The first-order chi connectivity index (χ1) is 9.79. The summed E-state index contributed by atoms with van der Waals surface area (Å²) in [5, 5.41) is 17.6. The van der Waals surface area contributed by atoms with Gasteiger partial charge in [0, 0.05) is 32.7 Å². The minimum atomic E-state index is -1.82. The normalized spacial score (nSPS) is 17.0. The molecule has 1 unspecified atom stereocenters. The highest BCUT2D eigenvalue weighted by atomic mass is 16.4. The molecule has 3 N–H and O–H groups in total. The predicted octanol–water partition coefficient (Wildman–Crippen LogP) is -0.920. The Hall–Kier alpha value is -1.93. The van der Waals surface area contributed by atoms with E-state index in [4.69, 9.17) is 19.8 Å². The molecule has 0 aliphatic carbocycles. The van der Waals surface area contributed by atoms with Crippen LogP contribution in [0.25, 0.3) is 0 Å². The maximum atomic E-state index is 11.7. The lowest BCUT2D eigenvalue weighted by molar-refractivity contribution is -0.159. The van der Waals surface area contributed by atoms with Gasteiger partial charge in [-0.05, 0) is 14.0 Å². The number of carbonyl (C=O) groups is 3. The smallest absolute Gasteiger partial charge is 0.414 e. The summed E-state index contributed by atoms with van der Waals surface area (Å²) in [5.41, 5.74) is 0. The van der Waals surface area contributed by atoms with Crippen LogP contribution in [0.1, 0.15) is 6.92 Å². The first-order valence-corrected chi connectivity index (χ1v) is 6.57. The Kier molecular flexibility index (Phi) is 8.98. The van der Waals surface area contributed by atoms with Gasteiger partial charge in [-0.1, -0.05) is 6.08 Å². The number of piperazine rings is 1. The second kappa shape index (κ2) is 9.89. The highest BCUT2D eigenvalue weighted by Gasteiger charge is 2.23. The summed E-state index contributed by atoms with van der Waals surface area (Å²) in [5.74, 6) is -3.55. The van der Waals surface area contributed by atoms with Crippen LogP contribution in [-0.2, 0) is 14.4 Å². The molecule has 1 heterocycles. The van der Waals surface area contributed by atoms with Gasteiger partial charge in [0.05, 0.1) is 6.04 Å². The van der Waals surface area contributed by atoms with Crippen molar-refractivity contribution in [2.75, 3.05) is 39.8 Å². The summed E-state index contributed by atoms with van der Waals surface area (Å²) in [6.07, 6.45) is 1.70. The quantitative estimate of drug-likeness (QED) is 0.455. The number of aliphatic carboxylic acids is 2. The van der Waals surface area contributed by atoms with E-state index in [1.165, 1.54) is 0 Å². The van der Waals surface area contributed by atoms with Gasteiger partial charge in [0.1, 0.15) is 0 Å². The van der Waals surface area contributed by atoms with Crippen LogP contribution in [0, 0.1) is 0 Å². The standard InChI is InChI=1S/C11H21N3O.C2H2O4/c1-4-5-12-11(15)10(2)14-8-6-13(3)7-9-14;3-1(4)2(5)6/h4,10H,1,5-9H2,2-3H3,(H,12,15);(H,3,4)(H,5,6). The number of carbonyl (C=O) groups excluding carboxylic acids is 1. The monoisotopic (exact) mass is 301 g/mol. The van der Waals surface area contributed by atoms with E-state index in [9.17, 15) is 4.79 Å². The maximum absolute atomic E-state index is 11.7. The van der Waals surface area contributed by atoms with Crippen LogP contribution >= 0.6 is 0 Å². The maximum Gasteiger partial charge on any atom is 0.414 e. The largest absolute Gasteiger partial charge is 0.473 e. The molecule has 1 atom stereocenters. The van der Waals surface area contributed by atoms with Crippen LogP contribution < -0.4 is 5.32 Å². The molecule has 8 heteroatoms. The van der Waals surface area contributed by atoms with Gasteiger partial charge in [0.15, 0.2) is 0 Å². The molecule has 0 aromatic rings. The number of carboxylic acid groups (broad SMARTS) is 2. The van der Waals surface area contributed by atoms with Crippen LogP contribution in [0.15, 0.2) is 12.7 Å². The number of carboxylic acids is 2. The second-order valence-electron chi connectivity index (χ2n) is 4.66. The minimum Gasteiger partial charge on any atom is -0.473 e. The summed E-state index contributed by atoms with van der Waals surface area (Å²) in [6, 6.07) is -0.0290. The Morgan fingerprint density at radius 2 is 1.67 bits per heavy atom. The molecule has 1 fully saturated rings. The van der Waals surface area contributed by atoms with Gasteiger partial charge in [0.25, 0.3) is 0 Å². The van der Waals surface area contributed by atoms with Crippen LogP contribution in [0.2, 0.25) is 0 Å². The van der Waals surface area contributed by atoms with Crippen molar-refractivity contribution < 1.29 is 24.6 Å². The zero-order valence-corrected chi connectivity index (χ0v) is 12.4. The summed E-state index contributed by atoms with van der Waals surface area (Å²) in [6.45, 7) is 10.1. The zero-order chi connectivity index (χ0) is 16.4. The van der Waals surface area contributed by atoms with E-state index in [0.717, 1.165) is 26.2 Å². The zero-order valence-electron chi connectivity index (χ0n) is 12.4. The number of nitrogens with zero attached hydrogens (tertiary/aromatic N) is 2. The molecule has 1 aliphatic heterocycles. The molecule has 120 valence electrons. The van der Waals surface area contributed by atoms with Gasteiger partial charge >= 0.3 is 11.9 Å². The summed E-state index contributed by atoms with van der Waals surface area (Å²) in [7, 11) is 2.11. The van der Waals surface area contributed by atoms with Crippen LogP contribution in [-0.4, -0.2) is 83.7 Å². The first kappa shape index (κ1) is 19.1. The van der Waals surface area contributed by atoms with E-state index >= 15 is 0 Å². The Labute approximate surface area is 124 Å². The lowest BCUT2D eigenvalue weighted by Gasteiger charge is -2.35. The van der Waals surface area contributed by atoms with Gasteiger partial charge in [-0.2, -0.15) is 0 Å². The Bertz CT molecular complexity index is 366. The third-order valence-electron chi connectivity index (χ3n) is 3.07. The van der Waals surface area contributed by atoms with Crippen molar-refractivity contribution in [3.05, 3.63) is 12.7 Å². The number of rotatable bonds is 4. The lowest BCUT2D eigenvalue weighted by atomic mass is 10.2. The molecule has 8 nitrogen and oxygen atoms in total. The Morgan fingerprint density at radius 1 is 1.19 bits per heavy atom. The van der Waals surface area contributed by atoms with E-state index in [-0.39, 0.29) is 11.9 Å². The van der Waals surface area contributed by atoms with Crippen molar-refractivity contribution in [2.45, 2.75) is 13.0 Å². The molecule has 1 rings (SSSR count). The van der Waals surface area contributed by atoms with Gasteiger partial charge in [-0.25, -0.2) is 9.59 Å². The fraction of sp³-hybridized carbons (Fsp3) is 0.615. The van der Waals surface area contributed by atoms with Crippen molar-refractivity contribution in [3.63, 3.8) is 0 Å². The Morgan fingerprint density at radius 3 is 2.05 bits per heavy atom. The van der Waals surface area contributed by atoms with Crippen LogP contribution in [0.4, 0.5) is 0 Å². The fourth-order valence-corrected chi connectivity index (χ4v) is 1.70. The summed E-state index contributed by atoms with van der Waals surface area (Å²) < 4.78 is 0. The van der Waals surface area contributed by atoms with E-state index in [0.29, 0.717) is 6.54 Å². The highest BCUT2D eigenvalue weighted by Crippen LogP contribution is 2.04. The van der Waals surface area contributed by atoms with Gasteiger partial charge < -0.3 is 20.4 Å². The van der Waals surface area contributed by atoms with Crippen molar-refractivity contribution in [1.82, 2.24) is 15.1 Å². The average Bonchev–Trinajstić information content (AvgIpc) is 2.45. The SMILES string of the molecule is C=CCNC(=O)C(C)N1CCN(C)CC1.O=C(O)C(=O)O. The van der Waals surface area contributed by atoms with Crippen molar-refractivity contribution in [3.8, 4) is 0 Å². The number of likely N-dealkylation sites (N-methyl/N-ethyl adjacent to an activating group) is 1. The van der Waals surface area contributed by atoms with E-state index in [1.54, 1.807) is 6.08 Å². The van der Waals surface area contributed by atoms with Crippen molar-refractivity contribution >= 4 is 17.8 Å². The number of hydrogen-bond acceptors (Lipinski definition) is 5. The summed E-state index contributed by atoms with van der Waals surface area (Å²) >= 11 is 0. The van der Waals surface area contributed by atoms with Crippen molar-refractivity contribution in [1.29, 1.82) is 0 Å². The molecule has 1 aliphatic rings. The third kappa shape index (κ3) is 8.05.